The minimum absolute atomic E-state index is 0.147. The summed E-state index contributed by atoms with van der Waals surface area (Å²) < 4.78 is 5.29. The molecule has 21 heavy (non-hydrogen) atoms. The van der Waals surface area contributed by atoms with Crippen LogP contribution in [0.25, 0.3) is 6.08 Å². The van der Waals surface area contributed by atoms with Gasteiger partial charge in [-0.15, -0.1) is 6.42 Å². The van der Waals surface area contributed by atoms with Crippen molar-refractivity contribution in [2.45, 2.75) is 0 Å². The lowest BCUT2D eigenvalue weighted by molar-refractivity contribution is -0.121. The van der Waals surface area contributed by atoms with E-state index in [9.17, 15) is 4.79 Å². The van der Waals surface area contributed by atoms with E-state index < -0.39 is 0 Å². The largest absolute Gasteiger partial charge is 0.479 e. The van der Waals surface area contributed by atoms with Crippen molar-refractivity contribution in [3.63, 3.8) is 0 Å². The lowest BCUT2D eigenvalue weighted by atomic mass is 10.1. The molecule has 0 N–H and O–H groups in total. The Balaban J connectivity index is 2.30. The van der Waals surface area contributed by atoms with Gasteiger partial charge >= 0.3 is 0 Å². The topological polar surface area (TPSA) is 32.8 Å². The molecule has 0 radical (unpaired) electrons. The van der Waals surface area contributed by atoms with Gasteiger partial charge in [-0.1, -0.05) is 23.6 Å². The Morgan fingerprint density at radius 3 is 2.67 bits per heavy atom. The lowest BCUT2D eigenvalue weighted by Gasteiger charge is -2.11. The zero-order chi connectivity index (χ0) is 15.6. The summed E-state index contributed by atoms with van der Waals surface area (Å²) in [5, 5.41) is 0.898. The number of benzene rings is 1. The number of carbonyl (C=O) groups is 1. The number of ether oxygens (including phenoxy) is 1. The minimum Gasteiger partial charge on any atom is -0.479 e. The van der Waals surface area contributed by atoms with Gasteiger partial charge in [0.15, 0.2) is 5.11 Å². The van der Waals surface area contributed by atoms with Crippen LogP contribution < -0.4 is 4.74 Å². The van der Waals surface area contributed by atoms with Crippen molar-refractivity contribution in [3.8, 4) is 18.1 Å². The van der Waals surface area contributed by atoms with Crippen LogP contribution in [0.4, 0.5) is 0 Å². The van der Waals surface area contributed by atoms with Gasteiger partial charge in [-0.25, -0.2) is 0 Å². The SMILES string of the molecule is C#CCOc1ccc(/C=C2\C(=O)N(C)C(=S)N2C)cc1Cl. The van der Waals surface area contributed by atoms with E-state index in [2.05, 4.69) is 5.92 Å². The van der Waals surface area contributed by atoms with Crippen molar-refractivity contribution in [1.82, 2.24) is 9.80 Å². The number of halogens is 1. The van der Waals surface area contributed by atoms with Crippen molar-refractivity contribution < 1.29 is 9.53 Å². The number of hydrogen-bond donors (Lipinski definition) is 0. The molecule has 1 heterocycles. The molecule has 0 saturated carbocycles. The molecule has 0 atom stereocenters. The third-order valence-corrected chi connectivity index (χ3v) is 3.87. The van der Waals surface area contributed by atoms with Crippen LogP contribution in [-0.2, 0) is 4.79 Å². The molecule has 0 aromatic heterocycles. The molecule has 1 amide bonds. The summed E-state index contributed by atoms with van der Waals surface area (Å²) >= 11 is 11.3. The fourth-order valence-electron chi connectivity index (χ4n) is 1.89. The molecule has 108 valence electrons. The Bertz CT molecular complexity index is 679. The molecular formula is C15H13ClN2O2S. The highest BCUT2D eigenvalue weighted by Gasteiger charge is 2.32. The first-order chi connectivity index (χ1) is 9.95. The molecule has 1 aromatic carbocycles. The normalized spacial score (nSPS) is 16.6. The summed E-state index contributed by atoms with van der Waals surface area (Å²) in [5.41, 5.74) is 1.28. The van der Waals surface area contributed by atoms with Crippen LogP contribution in [0.15, 0.2) is 23.9 Å². The molecule has 1 aliphatic heterocycles. The maximum Gasteiger partial charge on any atom is 0.276 e. The second kappa shape index (κ2) is 6.17. The zero-order valence-electron chi connectivity index (χ0n) is 11.6. The van der Waals surface area contributed by atoms with E-state index in [0.717, 1.165) is 5.56 Å². The number of hydrogen-bond acceptors (Lipinski definition) is 3. The van der Waals surface area contributed by atoms with E-state index in [1.54, 1.807) is 43.3 Å². The van der Waals surface area contributed by atoms with Gasteiger partial charge in [0.05, 0.1) is 5.02 Å². The van der Waals surface area contributed by atoms with Gasteiger partial charge in [-0.2, -0.15) is 0 Å². The maximum absolute atomic E-state index is 12.1. The van der Waals surface area contributed by atoms with Crippen LogP contribution in [0.1, 0.15) is 5.56 Å². The maximum atomic E-state index is 12.1. The molecular weight excluding hydrogens is 308 g/mol. The second-order valence-corrected chi connectivity index (χ2v) is 5.19. The first kappa shape index (κ1) is 15.4. The summed E-state index contributed by atoms with van der Waals surface area (Å²) in [6.07, 6.45) is 6.87. The standard InChI is InChI=1S/C15H13ClN2O2S/c1-4-7-20-13-6-5-10(8-11(13)16)9-12-14(19)18(3)15(21)17(12)2/h1,5-6,8-9H,7H2,2-3H3/b12-9+. The number of likely N-dealkylation sites (N-methyl/N-ethyl adjacent to an activating group) is 2. The van der Waals surface area contributed by atoms with Crippen LogP contribution >= 0.6 is 23.8 Å². The van der Waals surface area contributed by atoms with Crippen molar-refractivity contribution in [3.05, 3.63) is 34.5 Å². The molecule has 1 saturated heterocycles. The number of rotatable bonds is 3. The van der Waals surface area contributed by atoms with Gasteiger partial charge in [0.25, 0.3) is 5.91 Å². The fraction of sp³-hybridized carbons (Fsp3) is 0.200. The molecule has 2 rings (SSSR count). The first-order valence-corrected chi connectivity index (χ1v) is 6.87. The number of terminal acetylenes is 1. The average Bonchev–Trinajstić information content (AvgIpc) is 2.64. The van der Waals surface area contributed by atoms with Crippen LogP contribution in [0, 0.1) is 12.3 Å². The van der Waals surface area contributed by atoms with Crippen molar-refractivity contribution in [2.75, 3.05) is 20.7 Å². The summed E-state index contributed by atoms with van der Waals surface area (Å²) in [7, 11) is 3.40. The molecule has 1 aromatic rings. The average molecular weight is 321 g/mol. The Labute approximate surface area is 133 Å². The molecule has 0 unspecified atom stereocenters. The van der Waals surface area contributed by atoms with Crippen LogP contribution in [0.5, 0.6) is 5.75 Å². The molecule has 4 nitrogen and oxygen atoms in total. The quantitative estimate of drug-likeness (QED) is 0.486. The number of thiocarbonyl (C=S) groups is 1. The molecule has 1 fully saturated rings. The molecule has 0 spiro atoms. The Morgan fingerprint density at radius 1 is 1.43 bits per heavy atom. The van der Waals surface area contributed by atoms with Gasteiger partial charge in [0.2, 0.25) is 0 Å². The van der Waals surface area contributed by atoms with Crippen molar-refractivity contribution in [2.24, 2.45) is 0 Å². The zero-order valence-corrected chi connectivity index (χ0v) is 13.2. The summed E-state index contributed by atoms with van der Waals surface area (Å²) in [6.45, 7) is 0.153. The number of carbonyl (C=O) groups excluding carboxylic acids is 1. The summed E-state index contributed by atoms with van der Waals surface area (Å²) in [5.74, 6) is 2.74. The predicted octanol–water partition coefficient (Wildman–Crippen LogP) is 2.38. The van der Waals surface area contributed by atoms with Crippen LogP contribution in [0.2, 0.25) is 5.02 Å². The minimum atomic E-state index is -0.147. The third kappa shape index (κ3) is 3.02. The second-order valence-electron chi connectivity index (χ2n) is 4.42. The number of amides is 1. The smallest absolute Gasteiger partial charge is 0.276 e. The fourth-order valence-corrected chi connectivity index (χ4v) is 2.31. The van der Waals surface area contributed by atoms with Crippen LogP contribution in [0.3, 0.4) is 0 Å². The Kier molecular flexibility index (Phi) is 4.51. The highest BCUT2D eigenvalue weighted by atomic mass is 35.5. The van der Waals surface area contributed by atoms with Gasteiger partial charge in [-0.05, 0) is 36.0 Å². The highest BCUT2D eigenvalue weighted by molar-refractivity contribution is 7.80. The van der Waals surface area contributed by atoms with Gasteiger partial charge in [0, 0.05) is 14.1 Å². The number of nitrogens with zero attached hydrogens (tertiary/aromatic N) is 2. The van der Waals surface area contributed by atoms with E-state index in [1.165, 1.54) is 4.90 Å². The van der Waals surface area contributed by atoms with Gasteiger partial charge < -0.3 is 9.64 Å². The van der Waals surface area contributed by atoms with Crippen molar-refractivity contribution in [1.29, 1.82) is 0 Å². The Hall–Kier alpha value is -2.03. The monoisotopic (exact) mass is 320 g/mol. The molecule has 0 bridgehead atoms. The lowest BCUT2D eigenvalue weighted by Crippen LogP contribution is -2.26. The Morgan fingerprint density at radius 2 is 2.14 bits per heavy atom. The van der Waals surface area contributed by atoms with Crippen LogP contribution in [-0.4, -0.2) is 41.5 Å². The third-order valence-electron chi connectivity index (χ3n) is 3.03. The van der Waals surface area contributed by atoms with Gasteiger partial charge in [0.1, 0.15) is 18.1 Å². The van der Waals surface area contributed by atoms with Crippen molar-refractivity contribution >= 4 is 40.9 Å². The van der Waals surface area contributed by atoms with E-state index in [0.29, 0.717) is 21.6 Å². The summed E-state index contributed by atoms with van der Waals surface area (Å²) in [6, 6.07) is 5.23. The highest BCUT2D eigenvalue weighted by Crippen LogP contribution is 2.28. The summed E-state index contributed by atoms with van der Waals surface area (Å²) in [4.78, 5) is 15.2. The predicted molar refractivity (Wildman–Crippen MR) is 86.9 cm³/mol. The van der Waals surface area contributed by atoms with E-state index in [1.807, 2.05) is 0 Å². The van der Waals surface area contributed by atoms with Gasteiger partial charge in [-0.3, -0.25) is 9.69 Å². The van der Waals surface area contributed by atoms with E-state index >= 15 is 0 Å². The molecule has 6 heteroatoms. The van der Waals surface area contributed by atoms with E-state index in [-0.39, 0.29) is 12.5 Å². The van der Waals surface area contributed by atoms with E-state index in [4.69, 9.17) is 35.0 Å². The molecule has 1 aliphatic rings. The first-order valence-electron chi connectivity index (χ1n) is 6.09. The molecule has 0 aliphatic carbocycles.